The molecule has 1 saturated heterocycles. The van der Waals surface area contributed by atoms with Crippen LogP contribution in [0.1, 0.15) is 13.3 Å². The third kappa shape index (κ3) is 1.05. The second-order valence-electron chi connectivity index (χ2n) is 2.68. The van der Waals surface area contributed by atoms with E-state index in [0.717, 1.165) is 6.85 Å². The van der Waals surface area contributed by atoms with E-state index in [4.69, 9.17) is 0 Å². The zero-order valence-corrected chi connectivity index (χ0v) is 5.85. The highest BCUT2D eigenvalue weighted by atomic mass is 15.0. The van der Waals surface area contributed by atoms with E-state index in [2.05, 4.69) is 18.8 Å². The van der Waals surface area contributed by atoms with Crippen LogP contribution in [0, 0.1) is 0 Å². The predicted octanol–water partition coefficient (Wildman–Crippen LogP) is 1.33. The fourth-order valence-electron chi connectivity index (χ4n) is 1.50. The zero-order valence-electron chi connectivity index (χ0n) is 5.85. The molecule has 1 aliphatic heterocycles. The lowest BCUT2D eigenvalue weighted by atomic mass is 9.58. The lowest BCUT2D eigenvalue weighted by Gasteiger charge is -2.12. The number of rotatable bonds is 1. The van der Waals surface area contributed by atoms with Gasteiger partial charge in [0.1, 0.15) is 0 Å². The predicted molar refractivity (Wildman–Crippen MR) is 38.3 cm³/mol. The maximum atomic E-state index is 2.46. The van der Waals surface area contributed by atoms with Gasteiger partial charge in [-0.2, -0.15) is 0 Å². The number of hydrogen-bond acceptors (Lipinski definition) is 1. The Labute approximate surface area is 52.2 Å². The van der Waals surface area contributed by atoms with Crippen molar-refractivity contribution < 1.29 is 0 Å². The summed E-state index contributed by atoms with van der Waals surface area (Å²) in [4.78, 5) is 2.46. The van der Waals surface area contributed by atoms with E-state index in [1.165, 1.54) is 25.6 Å². The quantitative estimate of drug-likeness (QED) is 0.461. The number of hydrogen-bond donors (Lipinski definition) is 0. The van der Waals surface area contributed by atoms with Crippen LogP contribution < -0.4 is 0 Å². The molecule has 0 saturated carbocycles. The van der Waals surface area contributed by atoms with Crippen LogP contribution in [-0.4, -0.2) is 25.3 Å². The smallest absolute Gasteiger partial charge is 0.222 e. The highest BCUT2D eigenvalue weighted by molar-refractivity contribution is 6.56. The Kier molecular flexibility index (Phi) is 1.95. The van der Waals surface area contributed by atoms with Crippen LogP contribution in [-0.2, 0) is 0 Å². The van der Waals surface area contributed by atoms with Crippen LogP contribution in [0.3, 0.4) is 0 Å². The molecule has 2 heteroatoms. The molecule has 8 heavy (non-hydrogen) atoms. The highest BCUT2D eigenvalue weighted by Gasteiger charge is 2.22. The van der Waals surface area contributed by atoms with Crippen LogP contribution in [0.5, 0.6) is 0 Å². The van der Waals surface area contributed by atoms with Crippen LogP contribution >= 0.6 is 0 Å². The van der Waals surface area contributed by atoms with Crippen molar-refractivity contribution in [2.45, 2.75) is 26.0 Å². The van der Waals surface area contributed by atoms with Gasteiger partial charge < -0.3 is 4.81 Å². The summed E-state index contributed by atoms with van der Waals surface area (Å²) in [7, 11) is 2.22. The molecule has 0 amide bonds. The first-order chi connectivity index (χ1) is 3.84. The molecule has 0 unspecified atom stereocenters. The van der Waals surface area contributed by atoms with Gasteiger partial charge in [0, 0.05) is 0 Å². The molecule has 46 valence electrons. The van der Waals surface area contributed by atoms with Crippen molar-refractivity contribution in [3.8, 4) is 0 Å². The van der Waals surface area contributed by atoms with Gasteiger partial charge in [0.05, 0.1) is 0 Å². The SMILES string of the molecule is CCB1CCCN1C. The molecule has 0 radical (unpaired) electrons. The van der Waals surface area contributed by atoms with Gasteiger partial charge in [0.25, 0.3) is 0 Å². The zero-order chi connectivity index (χ0) is 5.98. The van der Waals surface area contributed by atoms with E-state index in [0.29, 0.717) is 0 Å². The van der Waals surface area contributed by atoms with E-state index >= 15 is 0 Å². The summed E-state index contributed by atoms with van der Waals surface area (Å²) in [6, 6.07) is 0. The van der Waals surface area contributed by atoms with Crippen LogP contribution in [0.25, 0.3) is 0 Å². The van der Waals surface area contributed by atoms with Crippen LogP contribution in [0.2, 0.25) is 12.6 Å². The van der Waals surface area contributed by atoms with Crippen molar-refractivity contribution in [3.63, 3.8) is 0 Å². The summed E-state index contributed by atoms with van der Waals surface area (Å²) in [6.45, 7) is 4.49. The maximum absolute atomic E-state index is 2.46. The van der Waals surface area contributed by atoms with Crippen LogP contribution in [0.15, 0.2) is 0 Å². The Morgan fingerprint density at radius 1 is 1.62 bits per heavy atom. The van der Waals surface area contributed by atoms with Crippen LogP contribution in [0.4, 0.5) is 0 Å². The molecule has 0 bridgehead atoms. The first-order valence-corrected chi connectivity index (χ1v) is 3.55. The largest absolute Gasteiger partial charge is 0.345 e. The van der Waals surface area contributed by atoms with E-state index in [9.17, 15) is 0 Å². The summed E-state index contributed by atoms with van der Waals surface area (Å²) in [6.07, 6.45) is 4.17. The normalized spacial score (nSPS) is 22.5. The van der Waals surface area contributed by atoms with Crippen molar-refractivity contribution in [3.05, 3.63) is 0 Å². The summed E-state index contributed by atoms with van der Waals surface area (Å²) in [5, 5.41) is 0. The van der Waals surface area contributed by atoms with Crippen molar-refractivity contribution >= 4 is 6.85 Å². The fraction of sp³-hybridized carbons (Fsp3) is 1.00. The van der Waals surface area contributed by atoms with Crippen molar-refractivity contribution in [2.24, 2.45) is 0 Å². The minimum Gasteiger partial charge on any atom is -0.345 e. The summed E-state index contributed by atoms with van der Waals surface area (Å²) >= 11 is 0. The lowest BCUT2D eigenvalue weighted by Crippen LogP contribution is -2.28. The third-order valence-corrected chi connectivity index (χ3v) is 2.14. The molecule has 0 aliphatic carbocycles. The molecule has 0 atom stereocenters. The monoisotopic (exact) mass is 111 g/mol. The average Bonchev–Trinajstić information content (AvgIpc) is 2.14. The van der Waals surface area contributed by atoms with E-state index in [1.54, 1.807) is 0 Å². The van der Waals surface area contributed by atoms with E-state index < -0.39 is 0 Å². The molecule has 1 fully saturated rings. The Bertz CT molecular complexity index is 74.9. The molecule has 0 aromatic carbocycles. The minimum atomic E-state index is 0.898. The first-order valence-electron chi connectivity index (χ1n) is 3.55. The van der Waals surface area contributed by atoms with Gasteiger partial charge in [0.2, 0.25) is 6.85 Å². The molecule has 1 rings (SSSR count). The number of nitrogens with zero attached hydrogens (tertiary/aromatic N) is 1. The van der Waals surface area contributed by atoms with Gasteiger partial charge in [-0.05, 0) is 20.0 Å². The standard InChI is InChI=1S/C6H14BN/c1-3-7-5-4-6-8(7)2/h3-6H2,1-2H3. The van der Waals surface area contributed by atoms with Gasteiger partial charge >= 0.3 is 0 Å². The summed E-state index contributed by atoms with van der Waals surface area (Å²) in [5.74, 6) is 0. The van der Waals surface area contributed by atoms with Gasteiger partial charge in [0.15, 0.2) is 0 Å². The van der Waals surface area contributed by atoms with Gasteiger partial charge in [-0.1, -0.05) is 19.6 Å². The molecule has 0 aromatic heterocycles. The summed E-state index contributed by atoms with van der Waals surface area (Å²) in [5.41, 5.74) is 0. The maximum Gasteiger partial charge on any atom is 0.222 e. The molecule has 0 aromatic rings. The third-order valence-electron chi connectivity index (χ3n) is 2.14. The molecule has 1 heterocycles. The van der Waals surface area contributed by atoms with Crippen molar-refractivity contribution in [2.75, 3.05) is 13.6 Å². The molecule has 1 aliphatic rings. The molecule has 0 spiro atoms. The second kappa shape index (κ2) is 2.54. The van der Waals surface area contributed by atoms with Gasteiger partial charge in [-0.15, -0.1) is 0 Å². The highest BCUT2D eigenvalue weighted by Crippen LogP contribution is 2.14. The Hall–Kier alpha value is 0.0249. The molecular formula is C6H14BN. The summed E-state index contributed by atoms with van der Waals surface area (Å²) < 4.78 is 0. The van der Waals surface area contributed by atoms with Crippen molar-refractivity contribution in [1.29, 1.82) is 0 Å². The van der Waals surface area contributed by atoms with E-state index in [1.807, 2.05) is 0 Å². The molecular weight excluding hydrogens is 96.9 g/mol. The van der Waals surface area contributed by atoms with Gasteiger partial charge in [-0.25, -0.2) is 0 Å². The second-order valence-corrected chi connectivity index (χ2v) is 2.68. The molecule has 0 N–H and O–H groups in total. The fourth-order valence-corrected chi connectivity index (χ4v) is 1.50. The topological polar surface area (TPSA) is 3.24 Å². The van der Waals surface area contributed by atoms with Gasteiger partial charge in [-0.3, -0.25) is 0 Å². The van der Waals surface area contributed by atoms with Crippen molar-refractivity contribution in [1.82, 2.24) is 4.81 Å². The minimum absolute atomic E-state index is 0.898. The van der Waals surface area contributed by atoms with E-state index in [-0.39, 0.29) is 0 Å². The Morgan fingerprint density at radius 3 is 2.62 bits per heavy atom. The Balaban J connectivity index is 2.30. The first kappa shape index (κ1) is 6.15. The Morgan fingerprint density at radius 2 is 2.38 bits per heavy atom. The molecule has 1 nitrogen and oxygen atoms in total. The average molecular weight is 111 g/mol. The lowest BCUT2D eigenvalue weighted by molar-refractivity contribution is 0.562.